The summed E-state index contributed by atoms with van der Waals surface area (Å²) in [5, 5.41) is 12.8. The molecule has 0 saturated heterocycles. The summed E-state index contributed by atoms with van der Waals surface area (Å²) in [5.74, 6) is 1.64. The topological polar surface area (TPSA) is 78.3 Å². The van der Waals surface area contributed by atoms with Crippen molar-refractivity contribution >= 4 is 46.6 Å². The van der Waals surface area contributed by atoms with Crippen molar-refractivity contribution in [2.75, 3.05) is 18.2 Å². The number of halogens is 2. The second kappa shape index (κ2) is 10.1. The van der Waals surface area contributed by atoms with Gasteiger partial charge >= 0.3 is 0 Å². The number of hydrogen-bond donors (Lipinski definition) is 1. The van der Waals surface area contributed by atoms with Crippen LogP contribution in [0.25, 0.3) is 0 Å². The van der Waals surface area contributed by atoms with Gasteiger partial charge in [-0.05, 0) is 37.3 Å². The number of nitrogens with zero attached hydrogens (tertiary/aromatic N) is 3. The van der Waals surface area contributed by atoms with Crippen molar-refractivity contribution in [2.45, 2.75) is 18.2 Å². The molecular weight excluding hydrogens is 447 g/mol. The van der Waals surface area contributed by atoms with Gasteiger partial charge in [-0.15, -0.1) is 10.2 Å². The average Bonchev–Trinajstić information content (AvgIpc) is 3.09. The first kappa shape index (κ1) is 22.3. The standard InChI is InChI=1S/C20H20Cl2N4O3S/c1-12(29-16-7-5-4-6-14(16)22)19-24-25-20(26(19)2)30-11-18(27)23-15-10-13(21)8-9-17(15)28-3/h4-10,12H,11H2,1-3H3,(H,23,27)/t12-/m0/s1. The van der Waals surface area contributed by atoms with E-state index in [4.69, 9.17) is 32.7 Å². The molecule has 0 spiro atoms. The SMILES string of the molecule is COc1ccc(Cl)cc1NC(=O)CSc1nnc([C@H](C)Oc2ccccc2Cl)n1C. The number of aromatic nitrogens is 3. The number of benzene rings is 2. The smallest absolute Gasteiger partial charge is 0.234 e. The minimum atomic E-state index is -0.374. The summed E-state index contributed by atoms with van der Waals surface area (Å²) in [6, 6.07) is 12.3. The third-order valence-corrected chi connectivity index (χ3v) is 5.71. The molecule has 158 valence electrons. The van der Waals surface area contributed by atoms with Gasteiger partial charge < -0.3 is 19.4 Å². The lowest BCUT2D eigenvalue weighted by Crippen LogP contribution is -2.15. The Morgan fingerprint density at radius 3 is 2.70 bits per heavy atom. The van der Waals surface area contributed by atoms with Gasteiger partial charge in [0.15, 0.2) is 17.1 Å². The van der Waals surface area contributed by atoms with Crippen LogP contribution in [0.15, 0.2) is 47.6 Å². The highest BCUT2D eigenvalue weighted by atomic mass is 35.5. The van der Waals surface area contributed by atoms with Crippen LogP contribution in [-0.4, -0.2) is 33.5 Å². The third kappa shape index (κ3) is 5.38. The fourth-order valence-corrected chi connectivity index (χ4v) is 3.75. The van der Waals surface area contributed by atoms with Crippen molar-refractivity contribution in [1.82, 2.24) is 14.8 Å². The quantitative estimate of drug-likeness (QED) is 0.470. The summed E-state index contributed by atoms with van der Waals surface area (Å²) in [7, 11) is 3.35. The number of hydrogen-bond acceptors (Lipinski definition) is 6. The van der Waals surface area contributed by atoms with Crippen LogP contribution < -0.4 is 14.8 Å². The van der Waals surface area contributed by atoms with Gasteiger partial charge in [0.25, 0.3) is 0 Å². The van der Waals surface area contributed by atoms with Crippen LogP contribution in [0, 0.1) is 0 Å². The van der Waals surface area contributed by atoms with Crippen molar-refractivity contribution in [3.63, 3.8) is 0 Å². The minimum absolute atomic E-state index is 0.140. The zero-order valence-corrected chi connectivity index (χ0v) is 18.9. The van der Waals surface area contributed by atoms with E-state index in [0.717, 1.165) is 0 Å². The minimum Gasteiger partial charge on any atom is -0.495 e. The van der Waals surface area contributed by atoms with E-state index in [1.807, 2.05) is 26.1 Å². The molecule has 3 rings (SSSR count). The summed E-state index contributed by atoms with van der Waals surface area (Å²) in [6.45, 7) is 1.86. The Bertz CT molecular complexity index is 1040. The maximum Gasteiger partial charge on any atom is 0.234 e. The summed E-state index contributed by atoms with van der Waals surface area (Å²) < 4.78 is 12.9. The van der Waals surface area contributed by atoms with Crippen LogP contribution in [0.3, 0.4) is 0 Å². The van der Waals surface area contributed by atoms with E-state index in [1.54, 1.807) is 34.9 Å². The monoisotopic (exact) mass is 466 g/mol. The van der Waals surface area contributed by atoms with Gasteiger partial charge in [0.1, 0.15) is 11.5 Å². The van der Waals surface area contributed by atoms with Crippen LogP contribution in [0.5, 0.6) is 11.5 Å². The number of amides is 1. The lowest BCUT2D eigenvalue weighted by atomic mass is 10.3. The number of ether oxygens (including phenoxy) is 2. The number of thioether (sulfide) groups is 1. The first-order valence-electron chi connectivity index (χ1n) is 8.95. The van der Waals surface area contributed by atoms with Gasteiger partial charge in [-0.25, -0.2) is 0 Å². The van der Waals surface area contributed by atoms with E-state index in [0.29, 0.717) is 38.2 Å². The molecular formula is C20H20Cl2N4O3S. The molecule has 0 fully saturated rings. The molecule has 0 saturated carbocycles. The molecule has 1 amide bonds. The number of nitrogens with one attached hydrogen (secondary N) is 1. The fourth-order valence-electron chi connectivity index (χ4n) is 2.68. The van der Waals surface area contributed by atoms with E-state index < -0.39 is 0 Å². The lowest BCUT2D eigenvalue weighted by Gasteiger charge is -2.15. The van der Waals surface area contributed by atoms with Crippen LogP contribution in [-0.2, 0) is 11.8 Å². The zero-order chi connectivity index (χ0) is 21.7. The molecule has 10 heteroatoms. The molecule has 30 heavy (non-hydrogen) atoms. The van der Waals surface area contributed by atoms with Crippen molar-refractivity contribution in [1.29, 1.82) is 0 Å². The molecule has 0 radical (unpaired) electrons. The van der Waals surface area contributed by atoms with Crippen LogP contribution in [0.2, 0.25) is 10.0 Å². The van der Waals surface area contributed by atoms with Gasteiger partial charge in [0.05, 0.1) is 23.6 Å². The maximum absolute atomic E-state index is 12.4. The third-order valence-electron chi connectivity index (χ3n) is 4.14. The van der Waals surface area contributed by atoms with Crippen LogP contribution >= 0.6 is 35.0 Å². The summed E-state index contributed by atoms with van der Waals surface area (Å²) in [5.41, 5.74) is 0.510. The highest BCUT2D eigenvalue weighted by Gasteiger charge is 2.19. The molecule has 1 aromatic heterocycles. The van der Waals surface area contributed by atoms with E-state index in [9.17, 15) is 4.79 Å². The zero-order valence-electron chi connectivity index (χ0n) is 16.6. The number of para-hydroxylation sites is 1. The highest BCUT2D eigenvalue weighted by molar-refractivity contribution is 7.99. The molecule has 0 unspecified atom stereocenters. The van der Waals surface area contributed by atoms with Gasteiger partial charge in [0.2, 0.25) is 5.91 Å². The van der Waals surface area contributed by atoms with Crippen molar-refractivity contribution in [3.8, 4) is 11.5 Å². The molecule has 7 nitrogen and oxygen atoms in total. The molecule has 0 aliphatic rings. The maximum atomic E-state index is 12.4. The Morgan fingerprint density at radius 1 is 1.20 bits per heavy atom. The lowest BCUT2D eigenvalue weighted by molar-refractivity contribution is -0.113. The second-order valence-corrected chi connectivity index (χ2v) is 8.06. The highest BCUT2D eigenvalue weighted by Crippen LogP contribution is 2.30. The molecule has 1 atom stereocenters. The molecule has 0 aliphatic carbocycles. The number of rotatable bonds is 8. The average molecular weight is 467 g/mol. The second-order valence-electron chi connectivity index (χ2n) is 6.27. The Kier molecular flexibility index (Phi) is 7.47. The first-order chi connectivity index (χ1) is 14.4. The van der Waals surface area contributed by atoms with E-state index in [1.165, 1.54) is 18.9 Å². The predicted octanol–water partition coefficient (Wildman–Crippen LogP) is 5.00. The van der Waals surface area contributed by atoms with Gasteiger partial charge in [-0.1, -0.05) is 47.1 Å². The first-order valence-corrected chi connectivity index (χ1v) is 10.7. The van der Waals surface area contributed by atoms with Crippen molar-refractivity contribution in [2.24, 2.45) is 7.05 Å². The largest absolute Gasteiger partial charge is 0.495 e. The number of carbonyl (C=O) groups excluding carboxylic acids is 1. The van der Waals surface area contributed by atoms with Gasteiger partial charge in [0, 0.05) is 12.1 Å². The molecule has 2 aromatic carbocycles. The Balaban J connectivity index is 1.62. The normalized spacial score (nSPS) is 11.8. The van der Waals surface area contributed by atoms with Crippen LogP contribution in [0.4, 0.5) is 5.69 Å². The summed E-state index contributed by atoms with van der Waals surface area (Å²) in [6.07, 6.45) is -0.374. The molecule has 3 aromatic rings. The summed E-state index contributed by atoms with van der Waals surface area (Å²) in [4.78, 5) is 12.4. The Morgan fingerprint density at radius 2 is 1.97 bits per heavy atom. The molecule has 1 heterocycles. The van der Waals surface area contributed by atoms with Crippen molar-refractivity contribution < 1.29 is 14.3 Å². The van der Waals surface area contributed by atoms with Crippen molar-refractivity contribution in [3.05, 3.63) is 58.3 Å². The summed E-state index contributed by atoms with van der Waals surface area (Å²) >= 11 is 13.4. The predicted molar refractivity (Wildman–Crippen MR) is 119 cm³/mol. The van der Waals surface area contributed by atoms with Gasteiger partial charge in [-0.2, -0.15) is 0 Å². The van der Waals surface area contributed by atoms with E-state index in [2.05, 4.69) is 15.5 Å². The Labute approximate surface area is 188 Å². The molecule has 1 N–H and O–H groups in total. The number of carbonyl (C=O) groups is 1. The molecule has 0 aliphatic heterocycles. The molecule has 0 bridgehead atoms. The number of methoxy groups -OCH3 is 1. The number of anilines is 1. The van der Waals surface area contributed by atoms with E-state index in [-0.39, 0.29) is 17.8 Å². The van der Waals surface area contributed by atoms with Crippen LogP contribution in [0.1, 0.15) is 18.9 Å². The van der Waals surface area contributed by atoms with Gasteiger partial charge in [-0.3, -0.25) is 4.79 Å². The van der Waals surface area contributed by atoms with E-state index >= 15 is 0 Å². The fraction of sp³-hybridized carbons (Fsp3) is 0.250. The Hall–Kier alpha value is -2.42.